The van der Waals surface area contributed by atoms with E-state index in [1.54, 1.807) is 12.1 Å². The first-order valence-corrected chi connectivity index (χ1v) is 5.41. The quantitative estimate of drug-likeness (QED) is 0.640. The van der Waals surface area contributed by atoms with Crippen molar-refractivity contribution in [3.63, 3.8) is 0 Å². The molecule has 3 rings (SSSR count). The van der Waals surface area contributed by atoms with Crippen molar-refractivity contribution in [3.05, 3.63) is 48.0 Å². The summed E-state index contributed by atoms with van der Waals surface area (Å²) < 4.78 is 0. The van der Waals surface area contributed by atoms with Gasteiger partial charge in [0, 0.05) is 10.8 Å². The molecular weight excluding hydrogens is 230 g/mol. The summed E-state index contributed by atoms with van der Waals surface area (Å²) in [6.07, 6.45) is 0. The molecule has 0 saturated heterocycles. The van der Waals surface area contributed by atoms with Crippen molar-refractivity contribution in [1.29, 1.82) is 0 Å². The standard InChI is InChI=1S/C14H9NO3/c16-12-6-5-11-9(13(12)14(17)18)7-8-3-1-2-4-10(8)15-11/h1-7,16H,(H,17,18). The van der Waals surface area contributed by atoms with Gasteiger partial charge in [0.15, 0.2) is 0 Å². The van der Waals surface area contributed by atoms with Gasteiger partial charge < -0.3 is 10.2 Å². The Labute approximate surface area is 102 Å². The van der Waals surface area contributed by atoms with Gasteiger partial charge in [-0.15, -0.1) is 0 Å². The molecule has 0 spiro atoms. The van der Waals surface area contributed by atoms with Crippen molar-refractivity contribution in [2.24, 2.45) is 0 Å². The van der Waals surface area contributed by atoms with Gasteiger partial charge in [0.25, 0.3) is 0 Å². The lowest BCUT2D eigenvalue weighted by atomic mass is 10.0. The molecule has 2 aromatic carbocycles. The molecular formula is C14H9NO3. The van der Waals surface area contributed by atoms with E-state index in [2.05, 4.69) is 4.98 Å². The van der Waals surface area contributed by atoms with Crippen molar-refractivity contribution >= 4 is 27.8 Å². The van der Waals surface area contributed by atoms with Gasteiger partial charge in [-0.2, -0.15) is 0 Å². The molecule has 3 aromatic rings. The van der Waals surface area contributed by atoms with Crippen LogP contribution in [-0.2, 0) is 0 Å². The van der Waals surface area contributed by atoms with Gasteiger partial charge in [0.1, 0.15) is 11.3 Å². The van der Waals surface area contributed by atoms with Gasteiger partial charge in [0.2, 0.25) is 0 Å². The van der Waals surface area contributed by atoms with Crippen LogP contribution in [0.1, 0.15) is 10.4 Å². The predicted molar refractivity (Wildman–Crippen MR) is 67.9 cm³/mol. The summed E-state index contributed by atoms with van der Waals surface area (Å²) in [5.74, 6) is -1.40. The highest BCUT2D eigenvalue weighted by Gasteiger charge is 2.15. The summed E-state index contributed by atoms with van der Waals surface area (Å²) in [4.78, 5) is 15.6. The molecule has 0 aliphatic carbocycles. The Morgan fingerprint density at radius 1 is 1.06 bits per heavy atom. The zero-order valence-electron chi connectivity index (χ0n) is 9.29. The minimum absolute atomic E-state index is 0.106. The minimum atomic E-state index is -1.16. The van der Waals surface area contributed by atoms with E-state index in [1.807, 2.05) is 24.3 Å². The number of carbonyl (C=O) groups is 1. The summed E-state index contributed by atoms with van der Waals surface area (Å²) in [5, 5.41) is 20.1. The molecule has 1 aromatic heterocycles. The van der Waals surface area contributed by atoms with Gasteiger partial charge >= 0.3 is 5.97 Å². The number of hydrogen-bond donors (Lipinski definition) is 2. The molecule has 18 heavy (non-hydrogen) atoms. The molecule has 2 N–H and O–H groups in total. The lowest BCUT2D eigenvalue weighted by molar-refractivity contribution is 0.0696. The number of hydrogen-bond acceptors (Lipinski definition) is 3. The first-order valence-electron chi connectivity index (χ1n) is 5.41. The van der Waals surface area contributed by atoms with Crippen molar-refractivity contribution in [2.75, 3.05) is 0 Å². The lowest BCUT2D eigenvalue weighted by Crippen LogP contribution is -1.99. The second kappa shape index (κ2) is 3.70. The van der Waals surface area contributed by atoms with Gasteiger partial charge in [-0.05, 0) is 24.3 Å². The fourth-order valence-corrected chi connectivity index (χ4v) is 2.06. The molecule has 0 atom stereocenters. The van der Waals surface area contributed by atoms with Crippen LogP contribution in [-0.4, -0.2) is 21.2 Å². The van der Waals surface area contributed by atoms with E-state index < -0.39 is 5.97 Å². The third-order valence-corrected chi connectivity index (χ3v) is 2.89. The Morgan fingerprint density at radius 3 is 2.61 bits per heavy atom. The zero-order chi connectivity index (χ0) is 12.7. The van der Waals surface area contributed by atoms with Crippen LogP contribution in [0.4, 0.5) is 0 Å². The largest absolute Gasteiger partial charge is 0.507 e. The molecule has 4 nitrogen and oxygen atoms in total. The Morgan fingerprint density at radius 2 is 1.83 bits per heavy atom. The van der Waals surface area contributed by atoms with Crippen LogP contribution in [0.5, 0.6) is 5.75 Å². The van der Waals surface area contributed by atoms with E-state index >= 15 is 0 Å². The maximum atomic E-state index is 11.2. The van der Waals surface area contributed by atoms with Crippen molar-refractivity contribution in [1.82, 2.24) is 4.98 Å². The highest BCUT2D eigenvalue weighted by molar-refractivity contribution is 6.07. The Bertz CT molecular complexity index is 780. The summed E-state index contributed by atoms with van der Waals surface area (Å²) >= 11 is 0. The molecule has 88 valence electrons. The second-order valence-electron chi connectivity index (χ2n) is 4.01. The molecule has 0 unspecified atom stereocenters. The fourth-order valence-electron chi connectivity index (χ4n) is 2.06. The summed E-state index contributed by atoms with van der Waals surface area (Å²) in [6.45, 7) is 0. The van der Waals surface area contributed by atoms with E-state index in [1.165, 1.54) is 6.07 Å². The van der Waals surface area contributed by atoms with E-state index in [-0.39, 0.29) is 11.3 Å². The number of aromatic nitrogens is 1. The maximum Gasteiger partial charge on any atom is 0.340 e. The number of para-hydroxylation sites is 1. The number of benzene rings is 2. The van der Waals surface area contributed by atoms with Crippen LogP contribution in [0.3, 0.4) is 0 Å². The SMILES string of the molecule is O=C(O)c1c(O)ccc2nc3ccccc3cc12. The number of nitrogens with zero attached hydrogens (tertiary/aromatic N) is 1. The van der Waals surface area contributed by atoms with E-state index in [0.717, 1.165) is 10.9 Å². The zero-order valence-corrected chi connectivity index (χ0v) is 9.29. The highest BCUT2D eigenvalue weighted by Crippen LogP contribution is 2.28. The number of aromatic hydroxyl groups is 1. The molecule has 0 aliphatic rings. The number of carboxylic acids is 1. The fraction of sp³-hybridized carbons (Fsp3) is 0. The first-order chi connectivity index (χ1) is 8.66. The molecule has 0 bridgehead atoms. The second-order valence-corrected chi connectivity index (χ2v) is 4.01. The van der Waals surface area contributed by atoms with Gasteiger partial charge in [-0.1, -0.05) is 18.2 Å². The van der Waals surface area contributed by atoms with Crippen molar-refractivity contribution in [3.8, 4) is 5.75 Å². The number of aromatic carboxylic acids is 1. The molecule has 0 fully saturated rings. The predicted octanol–water partition coefficient (Wildman–Crippen LogP) is 2.79. The van der Waals surface area contributed by atoms with Crippen LogP contribution in [0.15, 0.2) is 42.5 Å². The van der Waals surface area contributed by atoms with Crippen molar-refractivity contribution < 1.29 is 15.0 Å². The van der Waals surface area contributed by atoms with Gasteiger partial charge in [0.05, 0.1) is 11.0 Å². The van der Waals surface area contributed by atoms with Gasteiger partial charge in [-0.3, -0.25) is 0 Å². The highest BCUT2D eigenvalue weighted by atomic mass is 16.4. The van der Waals surface area contributed by atoms with Crippen LogP contribution >= 0.6 is 0 Å². The molecule has 4 heteroatoms. The topological polar surface area (TPSA) is 70.4 Å². The first kappa shape index (κ1) is 10.5. The Kier molecular flexibility index (Phi) is 2.16. The maximum absolute atomic E-state index is 11.2. The van der Waals surface area contributed by atoms with Crippen molar-refractivity contribution in [2.45, 2.75) is 0 Å². The van der Waals surface area contributed by atoms with E-state index in [4.69, 9.17) is 5.11 Å². The average molecular weight is 239 g/mol. The van der Waals surface area contributed by atoms with Crippen LogP contribution < -0.4 is 0 Å². The number of rotatable bonds is 1. The Balaban J connectivity index is 2.50. The summed E-state index contributed by atoms with van der Waals surface area (Å²) in [5.41, 5.74) is 1.25. The molecule has 0 radical (unpaired) electrons. The molecule has 0 saturated carbocycles. The average Bonchev–Trinajstić information content (AvgIpc) is 2.36. The molecule has 1 heterocycles. The van der Waals surface area contributed by atoms with Crippen LogP contribution in [0.2, 0.25) is 0 Å². The number of fused-ring (bicyclic) bond motifs is 2. The van der Waals surface area contributed by atoms with E-state index in [9.17, 15) is 9.90 Å². The smallest absolute Gasteiger partial charge is 0.340 e. The third-order valence-electron chi connectivity index (χ3n) is 2.89. The minimum Gasteiger partial charge on any atom is -0.507 e. The monoisotopic (exact) mass is 239 g/mol. The number of phenols is 1. The third kappa shape index (κ3) is 1.47. The summed E-state index contributed by atoms with van der Waals surface area (Å²) in [6, 6.07) is 12.2. The Hall–Kier alpha value is -2.62. The van der Waals surface area contributed by atoms with E-state index in [0.29, 0.717) is 10.9 Å². The van der Waals surface area contributed by atoms with Crippen LogP contribution in [0.25, 0.3) is 21.8 Å². The molecule has 0 amide bonds. The number of carboxylic acid groups (broad SMARTS) is 1. The lowest BCUT2D eigenvalue weighted by Gasteiger charge is -2.06. The van der Waals surface area contributed by atoms with Gasteiger partial charge in [-0.25, -0.2) is 9.78 Å². The number of pyridine rings is 1. The summed E-state index contributed by atoms with van der Waals surface area (Å²) in [7, 11) is 0. The normalized spacial score (nSPS) is 10.9. The molecule has 0 aliphatic heterocycles. The van der Waals surface area contributed by atoms with Crippen LogP contribution in [0, 0.1) is 0 Å².